The van der Waals surface area contributed by atoms with Gasteiger partial charge in [-0.05, 0) is 106 Å². The molecule has 2 aliphatic heterocycles. The van der Waals surface area contributed by atoms with Crippen LogP contribution >= 0.6 is 23.2 Å². The zero-order valence-corrected chi connectivity index (χ0v) is 23.0. The molecule has 1 N–H and O–H groups in total. The lowest BCUT2D eigenvalue weighted by molar-refractivity contribution is -0.141. The number of hydrogen-bond acceptors (Lipinski definition) is 4. The topological polar surface area (TPSA) is 70.1 Å². The van der Waals surface area contributed by atoms with Crippen molar-refractivity contribution in [1.82, 2.24) is 9.80 Å². The highest BCUT2D eigenvalue weighted by Crippen LogP contribution is 2.45. The van der Waals surface area contributed by atoms with Gasteiger partial charge in [0.1, 0.15) is 17.6 Å². The van der Waals surface area contributed by atoms with Crippen molar-refractivity contribution in [2.24, 2.45) is 5.92 Å². The molecule has 0 bridgehead atoms. The van der Waals surface area contributed by atoms with Crippen molar-refractivity contribution in [3.05, 3.63) is 62.9 Å². The molecule has 3 aliphatic rings. The van der Waals surface area contributed by atoms with Gasteiger partial charge in [0, 0.05) is 28.7 Å². The number of aliphatic carboxylic acids is 1. The van der Waals surface area contributed by atoms with Crippen LogP contribution in [0.15, 0.2) is 30.3 Å². The zero-order chi connectivity index (χ0) is 27.0. The number of ether oxygens (including phenoxy) is 1. The van der Waals surface area contributed by atoms with E-state index < -0.39 is 23.7 Å². The Morgan fingerprint density at radius 3 is 2.34 bits per heavy atom. The van der Waals surface area contributed by atoms with Gasteiger partial charge in [0.2, 0.25) is 0 Å². The molecule has 0 spiro atoms. The van der Waals surface area contributed by atoms with Crippen LogP contribution in [0.25, 0.3) is 0 Å². The molecule has 1 amide bonds. The van der Waals surface area contributed by atoms with Crippen LogP contribution in [0.5, 0.6) is 5.75 Å². The number of carboxylic acids is 1. The van der Waals surface area contributed by atoms with Crippen LogP contribution in [-0.2, 0) is 4.79 Å². The number of carbonyl (C=O) groups excluding carboxylic acids is 1. The summed E-state index contributed by atoms with van der Waals surface area (Å²) < 4.78 is 21.3. The second-order valence-corrected chi connectivity index (χ2v) is 11.7. The summed E-state index contributed by atoms with van der Waals surface area (Å²) in [6.07, 6.45) is 4.86. The molecule has 0 radical (unpaired) electrons. The lowest BCUT2D eigenvalue weighted by atomic mass is 9.95. The fraction of sp³-hybridized carbons (Fsp3) is 0.517. The van der Waals surface area contributed by atoms with Crippen LogP contribution in [-0.4, -0.2) is 59.1 Å². The molecule has 2 atom stereocenters. The molecule has 2 saturated heterocycles. The third kappa shape index (κ3) is 5.95. The second-order valence-electron chi connectivity index (χ2n) is 10.8. The second kappa shape index (κ2) is 11.4. The van der Waals surface area contributed by atoms with Crippen LogP contribution in [0.4, 0.5) is 4.39 Å². The van der Waals surface area contributed by atoms with Gasteiger partial charge in [0.15, 0.2) is 0 Å². The van der Waals surface area contributed by atoms with Gasteiger partial charge in [-0.15, -0.1) is 0 Å². The summed E-state index contributed by atoms with van der Waals surface area (Å²) in [7, 11) is 0. The van der Waals surface area contributed by atoms with Gasteiger partial charge in [0.25, 0.3) is 5.91 Å². The average Bonchev–Trinajstić information content (AvgIpc) is 3.61. The predicted octanol–water partition coefficient (Wildman–Crippen LogP) is 6.55. The third-order valence-corrected chi connectivity index (χ3v) is 8.62. The Labute approximate surface area is 232 Å². The Kier molecular flexibility index (Phi) is 8.17. The molecular formula is C29H33Cl2FN2O4. The fourth-order valence-corrected chi connectivity index (χ4v) is 6.28. The predicted molar refractivity (Wildman–Crippen MR) is 145 cm³/mol. The Bertz CT molecular complexity index is 1190. The van der Waals surface area contributed by atoms with Gasteiger partial charge in [-0.25, -0.2) is 9.18 Å². The van der Waals surface area contributed by atoms with Crippen molar-refractivity contribution < 1.29 is 23.8 Å². The lowest BCUT2D eigenvalue weighted by Crippen LogP contribution is -2.40. The SMILES string of the molecule is C[C@H](c1cc(Cl)cc(Cl)c1)N1CCC(COc2cc(F)c(C(=O)N3CCCC3C(=O)O)cc2C2CC2)CC1. The molecule has 2 aromatic rings. The molecule has 9 heteroatoms. The van der Waals surface area contributed by atoms with E-state index in [9.17, 15) is 14.7 Å². The van der Waals surface area contributed by atoms with Crippen molar-refractivity contribution in [1.29, 1.82) is 0 Å². The number of benzene rings is 2. The molecule has 1 unspecified atom stereocenters. The number of nitrogens with zero attached hydrogens (tertiary/aromatic N) is 2. The van der Waals surface area contributed by atoms with E-state index in [-0.39, 0.29) is 17.5 Å². The number of amides is 1. The van der Waals surface area contributed by atoms with Crippen molar-refractivity contribution in [2.45, 2.75) is 63.5 Å². The van der Waals surface area contributed by atoms with E-state index in [0.717, 1.165) is 49.9 Å². The van der Waals surface area contributed by atoms with E-state index >= 15 is 4.39 Å². The van der Waals surface area contributed by atoms with Gasteiger partial charge in [-0.1, -0.05) is 23.2 Å². The summed E-state index contributed by atoms with van der Waals surface area (Å²) >= 11 is 12.4. The van der Waals surface area contributed by atoms with Crippen molar-refractivity contribution >= 4 is 35.1 Å². The Balaban J connectivity index is 1.22. The van der Waals surface area contributed by atoms with E-state index in [1.165, 1.54) is 11.0 Å². The largest absolute Gasteiger partial charge is 0.493 e. The van der Waals surface area contributed by atoms with Crippen molar-refractivity contribution in [3.63, 3.8) is 0 Å². The van der Waals surface area contributed by atoms with E-state index in [1.807, 2.05) is 12.1 Å². The molecule has 204 valence electrons. The van der Waals surface area contributed by atoms with Crippen LogP contribution in [0, 0.1) is 11.7 Å². The van der Waals surface area contributed by atoms with E-state index in [0.29, 0.717) is 47.7 Å². The quantitative estimate of drug-likeness (QED) is 0.395. The molecule has 6 nitrogen and oxygen atoms in total. The van der Waals surface area contributed by atoms with Crippen LogP contribution < -0.4 is 4.74 Å². The van der Waals surface area contributed by atoms with Crippen molar-refractivity contribution in [2.75, 3.05) is 26.2 Å². The van der Waals surface area contributed by atoms with Gasteiger partial charge >= 0.3 is 5.97 Å². The first kappa shape index (κ1) is 27.2. The summed E-state index contributed by atoms with van der Waals surface area (Å²) in [5, 5.41) is 10.7. The summed E-state index contributed by atoms with van der Waals surface area (Å²) in [6.45, 7) is 4.81. The summed E-state index contributed by atoms with van der Waals surface area (Å²) in [4.78, 5) is 28.3. The molecular weight excluding hydrogens is 530 g/mol. The van der Waals surface area contributed by atoms with E-state index in [1.54, 1.807) is 12.1 Å². The van der Waals surface area contributed by atoms with Gasteiger partial charge < -0.3 is 14.7 Å². The van der Waals surface area contributed by atoms with E-state index in [2.05, 4.69) is 11.8 Å². The number of piperidine rings is 1. The molecule has 38 heavy (non-hydrogen) atoms. The summed E-state index contributed by atoms with van der Waals surface area (Å²) in [5.74, 6) is -1.16. The fourth-order valence-electron chi connectivity index (χ4n) is 5.74. The Morgan fingerprint density at radius 1 is 1.03 bits per heavy atom. The number of carbonyl (C=O) groups is 2. The molecule has 2 heterocycles. The maximum absolute atomic E-state index is 15.2. The maximum Gasteiger partial charge on any atom is 0.326 e. The maximum atomic E-state index is 15.2. The number of rotatable bonds is 8. The monoisotopic (exact) mass is 562 g/mol. The zero-order valence-electron chi connectivity index (χ0n) is 21.5. The minimum absolute atomic E-state index is 0.0594. The standard InChI is InChI=1S/C29H33Cl2FN2O4/c1-17(20-11-21(30)13-22(31)12-20)33-9-6-18(7-10-33)16-38-27-15-25(32)24(14-23(27)19-4-5-19)28(35)34-8-2-3-26(34)29(36)37/h11-15,17-19,26H,2-10,16H2,1H3,(H,36,37)/t17-,26?/m1/s1. The number of halogens is 3. The number of hydrogen-bond donors (Lipinski definition) is 1. The molecule has 5 rings (SSSR count). The van der Waals surface area contributed by atoms with Gasteiger partial charge in [-0.2, -0.15) is 0 Å². The highest BCUT2D eigenvalue weighted by molar-refractivity contribution is 6.34. The lowest BCUT2D eigenvalue weighted by Gasteiger charge is -2.36. The minimum atomic E-state index is -1.05. The first-order valence-electron chi connectivity index (χ1n) is 13.4. The number of likely N-dealkylation sites (tertiary alicyclic amines) is 2. The first-order valence-corrected chi connectivity index (χ1v) is 14.2. The van der Waals surface area contributed by atoms with Crippen molar-refractivity contribution in [3.8, 4) is 5.75 Å². The molecule has 1 aliphatic carbocycles. The molecule has 2 aromatic carbocycles. The third-order valence-electron chi connectivity index (χ3n) is 8.18. The smallest absolute Gasteiger partial charge is 0.326 e. The summed E-state index contributed by atoms with van der Waals surface area (Å²) in [6, 6.07) is 7.89. The number of carboxylic acid groups (broad SMARTS) is 1. The Hall–Kier alpha value is -2.35. The average molecular weight is 563 g/mol. The van der Waals surface area contributed by atoms with E-state index in [4.69, 9.17) is 27.9 Å². The highest BCUT2D eigenvalue weighted by Gasteiger charge is 2.37. The van der Waals surface area contributed by atoms with Gasteiger partial charge in [0.05, 0.1) is 12.2 Å². The molecule has 1 saturated carbocycles. The Morgan fingerprint density at radius 2 is 1.71 bits per heavy atom. The molecule has 0 aromatic heterocycles. The van der Waals surface area contributed by atoms with Crippen LogP contribution in [0.3, 0.4) is 0 Å². The summed E-state index contributed by atoms with van der Waals surface area (Å²) in [5.41, 5.74) is 1.89. The highest BCUT2D eigenvalue weighted by atomic mass is 35.5. The minimum Gasteiger partial charge on any atom is -0.493 e. The molecule has 3 fully saturated rings. The van der Waals surface area contributed by atoms with Crippen LogP contribution in [0.1, 0.15) is 78.9 Å². The normalized spacial score (nSPS) is 21.5. The van der Waals surface area contributed by atoms with Crippen LogP contribution in [0.2, 0.25) is 10.0 Å². The first-order chi connectivity index (χ1) is 18.2. The van der Waals surface area contributed by atoms with Gasteiger partial charge in [-0.3, -0.25) is 9.69 Å².